The van der Waals surface area contributed by atoms with Crippen molar-refractivity contribution in [1.82, 2.24) is 4.90 Å². The van der Waals surface area contributed by atoms with Gasteiger partial charge in [-0.2, -0.15) is 5.10 Å². The summed E-state index contributed by atoms with van der Waals surface area (Å²) in [5.74, 6) is 0.0479. The fourth-order valence-corrected chi connectivity index (χ4v) is 2.30. The van der Waals surface area contributed by atoms with Crippen molar-refractivity contribution in [2.75, 3.05) is 13.1 Å². The Morgan fingerprint density at radius 3 is 2.93 bits per heavy atom. The van der Waals surface area contributed by atoms with Crippen molar-refractivity contribution >= 4 is 11.7 Å². The molecule has 2 heterocycles. The molecule has 1 unspecified atom stereocenters. The lowest BCUT2D eigenvalue weighted by molar-refractivity contribution is 0.222. The number of piperidine rings is 1. The molecule has 78 valence electrons. The maximum atomic E-state index is 5.25. The van der Waals surface area contributed by atoms with E-state index in [2.05, 4.69) is 15.1 Å². The van der Waals surface area contributed by atoms with Crippen molar-refractivity contribution in [2.24, 2.45) is 21.7 Å². The van der Waals surface area contributed by atoms with Crippen LogP contribution in [-0.4, -0.2) is 35.7 Å². The Labute approximate surface area is 83.8 Å². The van der Waals surface area contributed by atoms with Crippen LogP contribution in [0, 0.1) is 0 Å². The summed E-state index contributed by atoms with van der Waals surface area (Å²) in [5, 5.41) is 7.85. The van der Waals surface area contributed by atoms with Gasteiger partial charge < -0.3 is 11.5 Å². The summed E-state index contributed by atoms with van der Waals surface area (Å²) in [6.45, 7) is 2.31. The van der Waals surface area contributed by atoms with Crippen LogP contribution in [0.15, 0.2) is 10.2 Å². The highest BCUT2D eigenvalue weighted by molar-refractivity contribution is 5.92. The van der Waals surface area contributed by atoms with Crippen LogP contribution in [0.1, 0.15) is 25.7 Å². The first-order valence-electron chi connectivity index (χ1n) is 5.17. The minimum Gasteiger partial charge on any atom is -0.369 e. The normalized spacial score (nSPS) is 30.3. The van der Waals surface area contributed by atoms with E-state index in [1.54, 1.807) is 0 Å². The van der Waals surface area contributed by atoms with Crippen molar-refractivity contribution in [3.8, 4) is 0 Å². The molecule has 0 amide bonds. The Hall–Kier alpha value is -1.10. The van der Waals surface area contributed by atoms with Gasteiger partial charge in [-0.25, -0.2) is 0 Å². The maximum Gasteiger partial charge on any atom is 0.211 e. The summed E-state index contributed by atoms with van der Waals surface area (Å²) in [6, 6.07) is 0.506. The van der Waals surface area contributed by atoms with Gasteiger partial charge in [0.05, 0.1) is 11.8 Å². The van der Waals surface area contributed by atoms with E-state index in [1.807, 2.05) is 0 Å². The second kappa shape index (κ2) is 3.96. The van der Waals surface area contributed by atoms with E-state index in [0.717, 1.165) is 18.7 Å². The molecule has 14 heavy (non-hydrogen) atoms. The van der Waals surface area contributed by atoms with Gasteiger partial charge in [-0.05, 0) is 19.4 Å². The third kappa shape index (κ3) is 1.87. The molecule has 4 N–H and O–H groups in total. The molecular formula is C9H17N5. The lowest BCUT2D eigenvalue weighted by Gasteiger charge is -2.28. The van der Waals surface area contributed by atoms with Gasteiger partial charge >= 0.3 is 0 Å². The van der Waals surface area contributed by atoms with E-state index in [1.165, 1.54) is 25.8 Å². The van der Waals surface area contributed by atoms with Gasteiger partial charge in [0.25, 0.3) is 0 Å². The highest BCUT2D eigenvalue weighted by Gasteiger charge is 2.32. The average Bonchev–Trinajstić information content (AvgIpc) is 2.58. The lowest BCUT2D eigenvalue weighted by Crippen LogP contribution is -2.37. The first kappa shape index (κ1) is 9.45. The number of hydrogen-bond donors (Lipinski definition) is 2. The zero-order valence-corrected chi connectivity index (χ0v) is 8.32. The van der Waals surface area contributed by atoms with E-state index in [-0.39, 0.29) is 5.96 Å². The number of nitrogens with two attached hydrogens (primary N) is 2. The second-order valence-corrected chi connectivity index (χ2v) is 3.91. The third-order valence-corrected chi connectivity index (χ3v) is 2.95. The van der Waals surface area contributed by atoms with Crippen molar-refractivity contribution in [3.05, 3.63) is 0 Å². The van der Waals surface area contributed by atoms with Crippen molar-refractivity contribution in [2.45, 2.75) is 31.7 Å². The van der Waals surface area contributed by atoms with E-state index in [0.29, 0.717) is 6.04 Å². The largest absolute Gasteiger partial charge is 0.369 e. The van der Waals surface area contributed by atoms with Crippen LogP contribution in [0.2, 0.25) is 0 Å². The van der Waals surface area contributed by atoms with Crippen molar-refractivity contribution < 1.29 is 0 Å². The lowest BCUT2D eigenvalue weighted by atomic mass is 10.0. The molecule has 0 bridgehead atoms. The van der Waals surface area contributed by atoms with Crippen LogP contribution in [0.25, 0.3) is 0 Å². The van der Waals surface area contributed by atoms with Crippen LogP contribution in [0.5, 0.6) is 0 Å². The minimum atomic E-state index is 0.0479. The van der Waals surface area contributed by atoms with Crippen LogP contribution < -0.4 is 11.5 Å². The zero-order valence-electron chi connectivity index (χ0n) is 8.32. The predicted octanol–water partition coefficient (Wildman–Crippen LogP) is -0.126. The summed E-state index contributed by atoms with van der Waals surface area (Å²) >= 11 is 0. The monoisotopic (exact) mass is 195 g/mol. The van der Waals surface area contributed by atoms with E-state index < -0.39 is 0 Å². The molecule has 0 aromatic heterocycles. The fraction of sp³-hybridized carbons (Fsp3) is 0.778. The molecule has 2 fully saturated rings. The molecular weight excluding hydrogens is 178 g/mol. The Morgan fingerprint density at radius 1 is 1.29 bits per heavy atom. The SMILES string of the molecule is NC(N)=NN=C1CCN2CCCCC12. The fourth-order valence-electron chi connectivity index (χ4n) is 2.30. The molecule has 5 heteroatoms. The maximum absolute atomic E-state index is 5.25. The Morgan fingerprint density at radius 2 is 2.14 bits per heavy atom. The van der Waals surface area contributed by atoms with Gasteiger partial charge in [0, 0.05) is 13.0 Å². The average molecular weight is 195 g/mol. The quantitative estimate of drug-likeness (QED) is 0.347. The summed E-state index contributed by atoms with van der Waals surface area (Å²) in [6.07, 6.45) is 4.83. The van der Waals surface area contributed by atoms with E-state index in [9.17, 15) is 0 Å². The smallest absolute Gasteiger partial charge is 0.211 e. The molecule has 0 saturated carbocycles. The number of rotatable bonds is 1. The molecule has 2 rings (SSSR count). The Balaban J connectivity index is 2.07. The molecule has 2 saturated heterocycles. The molecule has 0 aromatic rings. The highest BCUT2D eigenvalue weighted by atomic mass is 15.3. The first-order chi connectivity index (χ1) is 6.77. The Kier molecular flexibility index (Phi) is 2.67. The van der Waals surface area contributed by atoms with Crippen LogP contribution in [-0.2, 0) is 0 Å². The summed E-state index contributed by atoms with van der Waals surface area (Å²) in [5.41, 5.74) is 11.6. The number of nitrogens with zero attached hydrogens (tertiary/aromatic N) is 3. The number of fused-ring (bicyclic) bond motifs is 1. The summed E-state index contributed by atoms with van der Waals surface area (Å²) in [4.78, 5) is 2.48. The van der Waals surface area contributed by atoms with Gasteiger partial charge in [0.15, 0.2) is 0 Å². The standard InChI is InChI=1S/C9H17N5/c10-9(11)13-12-7-4-6-14-5-2-1-3-8(7)14/h8H,1-6H2,(H4,10,11,13). The van der Waals surface area contributed by atoms with Crippen LogP contribution >= 0.6 is 0 Å². The molecule has 0 aliphatic carbocycles. The number of guanidine groups is 1. The van der Waals surface area contributed by atoms with E-state index in [4.69, 9.17) is 11.5 Å². The molecule has 1 atom stereocenters. The van der Waals surface area contributed by atoms with Gasteiger partial charge in [-0.1, -0.05) is 6.42 Å². The van der Waals surface area contributed by atoms with Crippen molar-refractivity contribution in [1.29, 1.82) is 0 Å². The summed E-state index contributed by atoms with van der Waals surface area (Å²) in [7, 11) is 0. The molecule has 2 aliphatic rings. The highest BCUT2D eigenvalue weighted by Crippen LogP contribution is 2.24. The molecule has 0 aromatic carbocycles. The van der Waals surface area contributed by atoms with Crippen LogP contribution in [0.4, 0.5) is 0 Å². The van der Waals surface area contributed by atoms with Gasteiger partial charge in [0.2, 0.25) is 5.96 Å². The van der Waals surface area contributed by atoms with Gasteiger partial charge in [-0.15, -0.1) is 5.10 Å². The van der Waals surface area contributed by atoms with E-state index >= 15 is 0 Å². The molecule has 2 aliphatic heterocycles. The minimum absolute atomic E-state index is 0.0479. The first-order valence-corrected chi connectivity index (χ1v) is 5.17. The summed E-state index contributed by atoms with van der Waals surface area (Å²) < 4.78 is 0. The van der Waals surface area contributed by atoms with Crippen LogP contribution in [0.3, 0.4) is 0 Å². The molecule has 0 spiro atoms. The predicted molar refractivity (Wildman–Crippen MR) is 57.1 cm³/mol. The van der Waals surface area contributed by atoms with Gasteiger partial charge in [-0.3, -0.25) is 4.90 Å². The third-order valence-electron chi connectivity index (χ3n) is 2.95. The topological polar surface area (TPSA) is 80.0 Å². The number of hydrogen-bond acceptors (Lipinski definition) is 3. The molecule has 0 radical (unpaired) electrons. The van der Waals surface area contributed by atoms with Crippen molar-refractivity contribution in [3.63, 3.8) is 0 Å². The molecule has 5 nitrogen and oxygen atoms in total. The zero-order chi connectivity index (χ0) is 9.97. The second-order valence-electron chi connectivity index (χ2n) is 3.91. The Bertz CT molecular complexity index is 266. The van der Waals surface area contributed by atoms with Gasteiger partial charge in [0.1, 0.15) is 0 Å².